The molecule has 1 aliphatic heterocycles. The molecule has 1 heterocycles. The molecule has 0 spiro atoms. The Labute approximate surface area is 160 Å². The van der Waals surface area contributed by atoms with Gasteiger partial charge in [-0.2, -0.15) is 0 Å². The van der Waals surface area contributed by atoms with Gasteiger partial charge in [-0.25, -0.2) is 9.18 Å². The van der Waals surface area contributed by atoms with Crippen LogP contribution in [0, 0.1) is 5.82 Å². The van der Waals surface area contributed by atoms with Gasteiger partial charge in [0, 0.05) is 25.6 Å². The number of amides is 3. The summed E-state index contributed by atoms with van der Waals surface area (Å²) >= 11 is 0. The lowest BCUT2D eigenvalue weighted by atomic mass is 9.96. The van der Waals surface area contributed by atoms with Crippen molar-refractivity contribution in [1.29, 1.82) is 0 Å². The van der Waals surface area contributed by atoms with E-state index >= 15 is 0 Å². The molecule has 0 bridgehead atoms. The van der Waals surface area contributed by atoms with E-state index in [1.165, 1.54) is 31.4 Å². The van der Waals surface area contributed by atoms with E-state index in [0.717, 1.165) is 37.8 Å². The van der Waals surface area contributed by atoms with Gasteiger partial charge in [-0.1, -0.05) is 31.4 Å². The quantitative estimate of drug-likeness (QED) is 0.741. The maximum atomic E-state index is 13.1. The van der Waals surface area contributed by atoms with E-state index in [9.17, 15) is 14.0 Å². The number of urea groups is 1. The maximum absolute atomic E-state index is 13.1. The van der Waals surface area contributed by atoms with Crippen LogP contribution in [0.25, 0.3) is 0 Å². The van der Waals surface area contributed by atoms with E-state index in [4.69, 9.17) is 0 Å². The summed E-state index contributed by atoms with van der Waals surface area (Å²) in [5, 5.41) is 5.88. The second-order valence-corrected chi connectivity index (χ2v) is 7.64. The molecule has 2 N–H and O–H groups in total. The van der Waals surface area contributed by atoms with Gasteiger partial charge in [0.2, 0.25) is 5.91 Å². The fourth-order valence-corrected chi connectivity index (χ4v) is 4.17. The summed E-state index contributed by atoms with van der Waals surface area (Å²) < 4.78 is 13.1. The molecule has 0 radical (unpaired) electrons. The summed E-state index contributed by atoms with van der Waals surface area (Å²) in [5.41, 5.74) is 0.993. The summed E-state index contributed by atoms with van der Waals surface area (Å²) in [5.74, 6) is -0.150. The van der Waals surface area contributed by atoms with Crippen molar-refractivity contribution in [2.45, 2.75) is 69.9 Å². The SMILES string of the molecule is O=C(NCCCC(=O)N1CCCC1c1ccc(F)cc1)NC1CCCCC1. The minimum Gasteiger partial charge on any atom is -0.338 e. The van der Waals surface area contributed by atoms with E-state index < -0.39 is 0 Å². The molecule has 5 nitrogen and oxygen atoms in total. The van der Waals surface area contributed by atoms with Crippen molar-refractivity contribution in [2.75, 3.05) is 13.1 Å². The van der Waals surface area contributed by atoms with Gasteiger partial charge in [-0.05, 0) is 49.8 Å². The van der Waals surface area contributed by atoms with Crippen LogP contribution >= 0.6 is 0 Å². The third-order valence-corrected chi connectivity index (χ3v) is 5.62. The molecule has 1 aromatic carbocycles. The standard InChI is InChI=1S/C21H30FN3O2/c22-17-12-10-16(11-13-17)19-8-5-15-25(19)20(26)9-4-14-23-21(27)24-18-6-2-1-3-7-18/h10-13,18-19H,1-9,14-15H2,(H2,23,24,27). The minimum absolute atomic E-state index is 0.0423. The molecule has 1 saturated heterocycles. The van der Waals surface area contributed by atoms with Crippen LogP contribution in [0.5, 0.6) is 0 Å². The van der Waals surface area contributed by atoms with Crippen molar-refractivity contribution in [1.82, 2.24) is 15.5 Å². The number of nitrogens with one attached hydrogen (secondary N) is 2. The first-order valence-corrected chi connectivity index (χ1v) is 10.2. The highest BCUT2D eigenvalue weighted by Crippen LogP contribution is 2.32. The van der Waals surface area contributed by atoms with Gasteiger partial charge in [-0.3, -0.25) is 4.79 Å². The number of hydrogen-bond donors (Lipinski definition) is 2. The molecule has 6 heteroatoms. The summed E-state index contributed by atoms with van der Waals surface area (Å²) in [6, 6.07) is 6.64. The molecular formula is C21H30FN3O2. The average molecular weight is 375 g/mol. The van der Waals surface area contributed by atoms with Gasteiger partial charge < -0.3 is 15.5 Å². The fraction of sp³-hybridized carbons (Fsp3) is 0.619. The third kappa shape index (κ3) is 5.68. The Hall–Kier alpha value is -2.11. The number of rotatable bonds is 6. The van der Waals surface area contributed by atoms with Crippen LogP contribution in [-0.2, 0) is 4.79 Å². The number of nitrogens with zero attached hydrogens (tertiary/aromatic N) is 1. The molecule has 0 aromatic heterocycles. The molecular weight excluding hydrogens is 345 g/mol. The second kappa shape index (κ2) is 9.72. The Balaban J connectivity index is 1.38. The fourth-order valence-electron chi connectivity index (χ4n) is 4.17. The molecule has 1 saturated carbocycles. The number of carbonyl (C=O) groups is 2. The van der Waals surface area contributed by atoms with Crippen LogP contribution in [0.1, 0.15) is 69.4 Å². The molecule has 148 valence electrons. The molecule has 27 heavy (non-hydrogen) atoms. The summed E-state index contributed by atoms with van der Waals surface area (Å²) in [4.78, 5) is 26.4. The number of carbonyl (C=O) groups excluding carboxylic acids is 2. The Kier molecular flexibility index (Phi) is 7.07. The van der Waals surface area contributed by atoms with E-state index in [1.807, 2.05) is 4.90 Å². The van der Waals surface area contributed by atoms with Crippen LogP contribution in [-0.4, -0.2) is 36.0 Å². The molecule has 3 rings (SSSR count). The summed E-state index contributed by atoms with van der Waals surface area (Å²) in [6.45, 7) is 1.25. The highest BCUT2D eigenvalue weighted by atomic mass is 19.1. The van der Waals surface area contributed by atoms with Gasteiger partial charge in [0.05, 0.1) is 6.04 Å². The van der Waals surface area contributed by atoms with Crippen molar-refractivity contribution in [3.05, 3.63) is 35.6 Å². The maximum Gasteiger partial charge on any atom is 0.315 e. The average Bonchev–Trinajstić information content (AvgIpc) is 3.16. The monoisotopic (exact) mass is 375 g/mol. The Morgan fingerprint density at radius 1 is 1.04 bits per heavy atom. The molecule has 2 fully saturated rings. The van der Waals surface area contributed by atoms with Crippen LogP contribution < -0.4 is 10.6 Å². The Morgan fingerprint density at radius 2 is 1.78 bits per heavy atom. The topological polar surface area (TPSA) is 61.4 Å². The van der Waals surface area contributed by atoms with Crippen molar-refractivity contribution >= 4 is 11.9 Å². The van der Waals surface area contributed by atoms with E-state index in [0.29, 0.717) is 25.4 Å². The van der Waals surface area contributed by atoms with Crippen molar-refractivity contribution in [3.63, 3.8) is 0 Å². The predicted molar refractivity (Wildman–Crippen MR) is 103 cm³/mol. The zero-order valence-electron chi connectivity index (χ0n) is 15.9. The second-order valence-electron chi connectivity index (χ2n) is 7.64. The zero-order chi connectivity index (χ0) is 19.1. The van der Waals surface area contributed by atoms with Crippen LogP contribution in [0.15, 0.2) is 24.3 Å². The molecule has 1 aliphatic carbocycles. The molecule has 2 aliphatic rings. The van der Waals surface area contributed by atoms with Gasteiger partial charge >= 0.3 is 6.03 Å². The number of likely N-dealkylation sites (tertiary alicyclic amines) is 1. The van der Waals surface area contributed by atoms with Crippen LogP contribution in [0.4, 0.5) is 9.18 Å². The predicted octanol–water partition coefficient (Wildman–Crippen LogP) is 3.90. The van der Waals surface area contributed by atoms with Crippen molar-refractivity contribution in [3.8, 4) is 0 Å². The highest BCUT2D eigenvalue weighted by molar-refractivity contribution is 5.77. The van der Waals surface area contributed by atoms with Crippen molar-refractivity contribution in [2.24, 2.45) is 0 Å². The lowest BCUT2D eigenvalue weighted by molar-refractivity contribution is -0.132. The molecule has 1 aromatic rings. The van der Waals surface area contributed by atoms with Gasteiger partial charge in [0.15, 0.2) is 0 Å². The Bertz CT molecular complexity index is 629. The van der Waals surface area contributed by atoms with Gasteiger partial charge in [-0.15, -0.1) is 0 Å². The minimum atomic E-state index is -0.257. The number of benzene rings is 1. The smallest absolute Gasteiger partial charge is 0.315 e. The number of hydrogen-bond acceptors (Lipinski definition) is 2. The van der Waals surface area contributed by atoms with Gasteiger partial charge in [0.25, 0.3) is 0 Å². The first-order valence-electron chi connectivity index (χ1n) is 10.2. The van der Waals surface area contributed by atoms with E-state index in [-0.39, 0.29) is 23.8 Å². The lowest BCUT2D eigenvalue weighted by Gasteiger charge is -2.25. The number of halogens is 1. The summed E-state index contributed by atoms with van der Waals surface area (Å²) in [7, 11) is 0. The molecule has 1 unspecified atom stereocenters. The largest absolute Gasteiger partial charge is 0.338 e. The van der Waals surface area contributed by atoms with Crippen molar-refractivity contribution < 1.29 is 14.0 Å². The normalized spacial score (nSPS) is 20.5. The Morgan fingerprint density at radius 3 is 2.52 bits per heavy atom. The molecule has 3 amide bonds. The van der Waals surface area contributed by atoms with Gasteiger partial charge in [0.1, 0.15) is 5.82 Å². The first-order chi connectivity index (χ1) is 13.1. The first kappa shape index (κ1) is 19.6. The molecule has 1 atom stereocenters. The van der Waals surface area contributed by atoms with Crippen LogP contribution in [0.3, 0.4) is 0 Å². The zero-order valence-corrected chi connectivity index (χ0v) is 15.9. The third-order valence-electron chi connectivity index (χ3n) is 5.62. The van der Waals surface area contributed by atoms with E-state index in [1.54, 1.807) is 12.1 Å². The highest BCUT2D eigenvalue weighted by Gasteiger charge is 2.29. The lowest BCUT2D eigenvalue weighted by Crippen LogP contribution is -2.43. The van der Waals surface area contributed by atoms with E-state index in [2.05, 4.69) is 10.6 Å². The van der Waals surface area contributed by atoms with Crippen LogP contribution in [0.2, 0.25) is 0 Å². The summed E-state index contributed by atoms with van der Waals surface area (Å²) in [6.07, 6.45) is 8.68.